The molecule has 0 N–H and O–H groups in total. The highest BCUT2D eigenvalue weighted by Gasteiger charge is 2.22. The van der Waals surface area contributed by atoms with Gasteiger partial charge in [-0.2, -0.15) is 0 Å². The van der Waals surface area contributed by atoms with Gasteiger partial charge in [0.15, 0.2) is 17.8 Å². The van der Waals surface area contributed by atoms with Crippen molar-refractivity contribution >= 4 is 6.29 Å². The molecule has 1 atom stereocenters. The Hall–Kier alpha value is -1.75. The SMILES string of the molecule is O=Cc1cc2c(cc1OC1CCOC1)OCO2. The third kappa shape index (κ3) is 1.93. The Balaban J connectivity index is 1.88. The minimum absolute atomic E-state index is 0.00840. The average molecular weight is 236 g/mol. The van der Waals surface area contributed by atoms with E-state index in [1.165, 1.54) is 0 Å². The Morgan fingerprint density at radius 2 is 2.12 bits per heavy atom. The van der Waals surface area contributed by atoms with Gasteiger partial charge < -0.3 is 18.9 Å². The number of carbonyl (C=O) groups excluding carboxylic acids is 1. The van der Waals surface area contributed by atoms with Crippen LogP contribution in [0.15, 0.2) is 12.1 Å². The largest absolute Gasteiger partial charge is 0.487 e. The van der Waals surface area contributed by atoms with Crippen LogP contribution in [0.25, 0.3) is 0 Å². The second-order valence-corrected chi connectivity index (χ2v) is 3.96. The second-order valence-electron chi connectivity index (χ2n) is 3.96. The van der Waals surface area contributed by atoms with Crippen LogP contribution in [0.2, 0.25) is 0 Å². The Bertz CT molecular complexity index is 437. The molecule has 2 heterocycles. The zero-order valence-corrected chi connectivity index (χ0v) is 9.18. The van der Waals surface area contributed by atoms with Crippen molar-refractivity contribution in [2.45, 2.75) is 12.5 Å². The van der Waals surface area contributed by atoms with E-state index in [-0.39, 0.29) is 12.9 Å². The first kappa shape index (κ1) is 10.4. The van der Waals surface area contributed by atoms with Gasteiger partial charge in [-0.25, -0.2) is 0 Å². The molecule has 1 saturated heterocycles. The molecular weight excluding hydrogens is 224 g/mol. The molecule has 90 valence electrons. The summed E-state index contributed by atoms with van der Waals surface area (Å²) in [6.45, 7) is 1.45. The fourth-order valence-corrected chi connectivity index (χ4v) is 1.92. The summed E-state index contributed by atoms with van der Waals surface area (Å²) in [5.41, 5.74) is 0.473. The van der Waals surface area contributed by atoms with Crippen LogP contribution in [0.1, 0.15) is 16.8 Å². The van der Waals surface area contributed by atoms with E-state index >= 15 is 0 Å². The number of benzene rings is 1. The summed E-state index contributed by atoms with van der Waals surface area (Å²) >= 11 is 0. The maximum Gasteiger partial charge on any atom is 0.231 e. The van der Waals surface area contributed by atoms with Gasteiger partial charge in [-0.05, 0) is 6.07 Å². The highest BCUT2D eigenvalue weighted by Crippen LogP contribution is 2.38. The van der Waals surface area contributed by atoms with Crippen molar-refractivity contribution in [2.24, 2.45) is 0 Å². The number of aldehydes is 1. The van der Waals surface area contributed by atoms with Crippen LogP contribution in [-0.4, -0.2) is 32.4 Å². The highest BCUT2D eigenvalue weighted by atomic mass is 16.7. The molecule has 1 unspecified atom stereocenters. The van der Waals surface area contributed by atoms with Crippen molar-refractivity contribution in [1.82, 2.24) is 0 Å². The van der Waals surface area contributed by atoms with E-state index < -0.39 is 0 Å². The standard InChI is InChI=1S/C12H12O5/c13-5-8-3-11-12(16-7-15-11)4-10(8)17-9-1-2-14-6-9/h3-5,9H,1-2,6-7H2. The predicted octanol–water partition coefficient (Wildman–Crippen LogP) is 1.40. The maximum absolute atomic E-state index is 11.0. The first-order chi connectivity index (χ1) is 8.36. The molecule has 0 spiro atoms. The van der Waals surface area contributed by atoms with Gasteiger partial charge in [0.1, 0.15) is 11.9 Å². The zero-order chi connectivity index (χ0) is 11.7. The summed E-state index contributed by atoms with van der Waals surface area (Å²) in [5.74, 6) is 1.73. The molecule has 5 nitrogen and oxygen atoms in total. The lowest BCUT2D eigenvalue weighted by molar-refractivity contribution is 0.111. The summed E-state index contributed by atoms with van der Waals surface area (Å²) < 4.78 is 21.4. The molecule has 0 aliphatic carbocycles. The number of hydrogen-bond acceptors (Lipinski definition) is 5. The topological polar surface area (TPSA) is 54.0 Å². The lowest BCUT2D eigenvalue weighted by Gasteiger charge is -2.13. The number of rotatable bonds is 3. The number of fused-ring (bicyclic) bond motifs is 1. The highest BCUT2D eigenvalue weighted by molar-refractivity contribution is 5.81. The molecule has 0 aromatic heterocycles. The van der Waals surface area contributed by atoms with Gasteiger partial charge in [-0.3, -0.25) is 4.79 Å². The molecule has 1 fully saturated rings. The Labute approximate surface area is 98.2 Å². The molecule has 3 rings (SSSR count). The Kier molecular flexibility index (Phi) is 2.60. The lowest BCUT2D eigenvalue weighted by atomic mass is 10.2. The van der Waals surface area contributed by atoms with Gasteiger partial charge in [0.05, 0.1) is 18.8 Å². The molecule has 0 saturated carbocycles. The predicted molar refractivity (Wildman–Crippen MR) is 57.8 cm³/mol. The van der Waals surface area contributed by atoms with E-state index in [2.05, 4.69) is 0 Å². The summed E-state index contributed by atoms with van der Waals surface area (Å²) in [4.78, 5) is 11.0. The van der Waals surface area contributed by atoms with Crippen molar-refractivity contribution < 1.29 is 23.7 Å². The van der Waals surface area contributed by atoms with Gasteiger partial charge in [-0.15, -0.1) is 0 Å². The molecule has 1 aromatic carbocycles. The molecule has 1 aromatic rings. The van der Waals surface area contributed by atoms with E-state index in [4.69, 9.17) is 18.9 Å². The van der Waals surface area contributed by atoms with Crippen molar-refractivity contribution in [2.75, 3.05) is 20.0 Å². The lowest BCUT2D eigenvalue weighted by Crippen LogP contribution is -2.16. The zero-order valence-electron chi connectivity index (χ0n) is 9.18. The molecule has 2 aliphatic heterocycles. The van der Waals surface area contributed by atoms with Crippen molar-refractivity contribution in [3.8, 4) is 17.2 Å². The van der Waals surface area contributed by atoms with Crippen molar-refractivity contribution in [3.63, 3.8) is 0 Å². The normalized spacial score (nSPS) is 21.5. The van der Waals surface area contributed by atoms with E-state index in [1.54, 1.807) is 12.1 Å². The molecule has 0 amide bonds. The van der Waals surface area contributed by atoms with E-state index in [1.807, 2.05) is 0 Å². The summed E-state index contributed by atoms with van der Waals surface area (Å²) in [5, 5.41) is 0. The van der Waals surface area contributed by atoms with Crippen molar-refractivity contribution in [3.05, 3.63) is 17.7 Å². The van der Waals surface area contributed by atoms with Crippen LogP contribution in [-0.2, 0) is 4.74 Å². The van der Waals surface area contributed by atoms with E-state index in [9.17, 15) is 4.79 Å². The molecule has 0 radical (unpaired) electrons. The first-order valence-electron chi connectivity index (χ1n) is 5.50. The summed E-state index contributed by atoms with van der Waals surface area (Å²) in [6.07, 6.45) is 1.61. The molecule has 5 heteroatoms. The van der Waals surface area contributed by atoms with Crippen LogP contribution in [0.4, 0.5) is 0 Å². The third-order valence-electron chi connectivity index (χ3n) is 2.81. The molecule has 0 bridgehead atoms. The summed E-state index contributed by atoms with van der Waals surface area (Å²) in [7, 11) is 0. The third-order valence-corrected chi connectivity index (χ3v) is 2.81. The number of carbonyl (C=O) groups is 1. The van der Waals surface area contributed by atoms with Gasteiger partial charge in [-0.1, -0.05) is 0 Å². The van der Waals surface area contributed by atoms with Crippen LogP contribution in [0.5, 0.6) is 17.2 Å². The fraction of sp³-hybridized carbons (Fsp3) is 0.417. The molecule has 17 heavy (non-hydrogen) atoms. The minimum atomic E-state index is 0.00840. The van der Waals surface area contributed by atoms with Gasteiger partial charge in [0.2, 0.25) is 6.79 Å². The van der Waals surface area contributed by atoms with E-state index in [0.29, 0.717) is 36.0 Å². The maximum atomic E-state index is 11.0. The fourth-order valence-electron chi connectivity index (χ4n) is 1.92. The molecular formula is C12H12O5. The number of hydrogen-bond donors (Lipinski definition) is 0. The average Bonchev–Trinajstić information content (AvgIpc) is 2.98. The van der Waals surface area contributed by atoms with Crippen LogP contribution < -0.4 is 14.2 Å². The van der Waals surface area contributed by atoms with Crippen LogP contribution >= 0.6 is 0 Å². The van der Waals surface area contributed by atoms with Crippen LogP contribution in [0, 0.1) is 0 Å². The van der Waals surface area contributed by atoms with Gasteiger partial charge in [0, 0.05) is 12.5 Å². The van der Waals surface area contributed by atoms with Crippen LogP contribution in [0.3, 0.4) is 0 Å². The minimum Gasteiger partial charge on any atom is -0.487 e. The molecule has 2 aliphatic rings. The van der Waals surface area contributed by atoms with E-state index in [0.717, 1.165) is 12.7 Å². The first-order valence-corrected chi connectivity index (χ1v) is 5.50. The van der Waals surface area contributed by atoms with Gasteiger partial charge in [0.25, 0.3) is 0 Å². The Morgan fingerprint density at radius 1 is 1.29 bits per heavy atom. The second kappa shape index (κ2) is 4.25. The van der Waals surface area contributed by atoms with Gasteiger partial charge >= 0.3 is 0 Å². The Morgan fingerprint density at radius 3 is 2.82 bits per heavy atom. The quantitative estimate of drug-likeness (QED) is 0.742. The summed E-state index contributed by atoms with van der Waals surface area (Å²) in [6, 6.07) is 3.34. The van der Waals surface area contributed by atoms with Crippen molar-refractivity contribution in [1.29, 1.82) is 0 Å². The monoisotopic (exact) mass is 236 g/mol. The smallest absolute Gasteiger partial charge is 0.231 e. The number of ether oxygens (including phenoxy) is 4.